The monoisotopic (exact) mass is 337 g/mol. The van der Waals surface area contributed by atoms with E-state index in [1.54, 1.807) is 24.4 Å². The van der Waals surface area contributed by atoms with Gasteiger partial charge in [0, 0.05) is 31.8 Å². The molecule has 1 heterocycles. The minimum Gasteiger partial charge on any atom is -0.349 e. The Labute approximate surface area is 146 Å². The molecule has 25 heavy (non-hydrogen) atoms. The Morgan fingerprint density at radius 2 is 1.88 bits per heavy atom. The minimum atomic E-state index is -0.330. The molecule has 0 radical (unpaired) electrons. The van der Waals surface area contributed by atoms with Crippen LogP contribution < -0.4 is 5.32 Å². The molecule has 3 rings (SSSR count). The average Bonchev–Trinajstić information content (AvgIpc) is 3.04. The molecule has 128 valence electrons. The topological polar surface area (TPSA) is 46.9 Å². The third-order valence-electron chi connectivity index (χ3n) is 4.24. The van der Waals surface area contributed by atoms with E-state index in [2.05, 4.69) is 10.3 Å². The summed E-state index contributed by atoms with van der Waals surface area (Å²) in [6.45, 7) is 0.348. The molecule has 1 aromatic heterocycles. The smallest absolute Gasteiger partial charge is 0.221 e. The maximum Gasteiger partial charge on any atom is 0.221 e. The number of nitrogens with zero attached hydrogens (tertiary/aromatic N) is 2. The van der Waals surface area contributed by atoms with Crippen LogP contribution in [0.15, 0.2) is 67.0 Å². The summed E-state index contributed by atoms with van der Waals surface area (Å²) < 4.78 is 16.1. The Bertz CT molecular complexity index is 845. The van der Waals surface area contributed by atoms with Crippen LogP contribution in [0.4, 0.5) is 4.39 Å². The second kappa shape index (κ2) is 7.75. The molecule has 1 N–H and O–H groups in total. The molecule has 1 amide bonds. The van der Waals surface area contributed by atoms with E-state index in [9.17, 15) is 9.18 Å². The van der Waals surface area contributed by atoms with Gasteiger partial charge in [0.1, 0.15) is 11.6 Å². The molecule has 0 aliphatic heterocycles. The van der Waals surface area contributed by atoms with E-state index in [0.29, 0.717) is 12.1 Å². The lowest BCUT2D eigenvalue weighted by Crippen LogP contribution is -2.26. The van der Waals surface area contributed by atoms with E-state index >= 15 is 0 Å². The van der Waals surface area contributed by atoms with Gasteiger partial charge in [0.25, 0.3) is 0 Å². The van der Waals surface area contributed by atoms with Crippen LogP contribution in [0.3, 0.4) is 0 Å². The van der Waals surface area contributed by atoms with Crippen molar-refractivity contribution in [3.05, 3.63) is 89.8 Å². The van der Waals surface area contributed by atoms with Crippen LogP contribution in [0.2, 0.25) is 0 Å². The Kier molecular flexibility index (Phi) is 5.23. The second-order valence-electron chi connectivity index (χ2n) is 5.92. The second-order valence-corrected chi connectivity index (χ2v) is 5.92. The van der Waals surface area contributed by atoms with Gasteiger partial charge in [-0.3, -0.25) is 4.79 Å². The zero-order valence-corrected chi connectivity index (χ0v) is 14.0. The largest absolute Gasteiger partial charge is 0.349 e. The lowest BCUT2D eigenvalue weighted by molar-refractivity contribution is -0.121. The van der Waals surface area contributed by atoms with Crippen molar-refractivity contribution in [2.24, 2.45) is 7.05 Å². The number of amides is 1. The highest BCUT2D eigenvalue weighted by Gasteiger charge is 2.21. The zero-order valence-electron chi connectivity index (χ0n) is 14.0. The fourth-order valence-electron chi connectivity index (χ4n) is 2.85. The average molecular weight is 337 g/mol. The molecule has 0 aliphatic rings. The fourth-order valence-corrected chi connectivity index (χ4v) is 2.85. The number of carbonyl (C=O) groups excluding carboxylic acids is 1. The number of halogens is 1. The first kappa shape index (κ1) is 16.9. The van der Waals surface area contributed by atoms with Gasteiger partial charge >= 0.3 is 0 Å². The van der Waals surface area contributed by atoms with E-state index in [1.165, 1.54) is 6.07 Å². The van der Waals surface area contributed by atoms with Gasteiger partial charge in [0.05, 0.1) is 6.54 Å². The van der Waals surface area contributed by atoms with Gasteiger partial charge in [-0.05, 0) is 17.2 Å². The van der Waals surface area contributed by atoms with Crippen molar-refractivity contribution in [1.82, 2.24) is 14.9 Å². The first-order valence-corrected chi connectivity index (χ1v) is 8.17. The number of hydrogen-bond acceptors (Lipinski definition) is 2. The van der Waals surface area contributed by atoms with Gasteiger partial charge in [-0.2, -0.15) is 0 Å². The van der Waals surface area contributed by atoms with Crippen molar-refractivity contribution in [3.8, 4) is 0 Å². The molecule has 5 heteroatoms. The van der Waals surface area contributed by atoms with Crippen molar-refractivity contribution in [1.29, 1.82) is 0 Å². The van der Waals surface area contributed by atoms with Gasteiger partial charge < -0.3 is 9.88 Å². The molecule has 0 saturated carbocycles. The molecular weight excluding hydrogens is 317 g/mol. The quantitative estimate of drug-likeness (QED) is 0.749. The predicted molar refractivity (Wildman–Crippen MR) is 94.4 cm³/mol. The number of aromatic nitrogens is 2. The Hall–Kier alpha value is -2.95. The molecule has 0 spiro atoms. The lowest BCUT2D eigenvalue weighted by Gasteiger charge is -2.18. The van der Waals surface area contributed by atoms with Crippen LogP contribution in [0.25, 0.3) is 0 Å². The van der Waals surface area contributed by atoms with E-state index in [1.807, 2.05) is 48.1 Å². The maximum absolute atomic E-state index is 14.3. The van der Waals surface area contributed by atoms with Crippen LogP contribution in [0.5, 0.6) is 0 Å². The summed E-state index contributed by atoms with van der Waals surface area (Å²) in [5.41, 5.74) is 1.44. The predicted octanol–water partition coefficient (Wildman–Crippen LogP) is 3.40. The molecule has 0 fully saturated rings. The summed E-state index contributed by atoms with van der Waals surface area (Å²) in [5, 5.41) is 2.87. The number of imidazole rings is 1. The summed E-state index contributed by atoms with van der Waals surface area (Å²) in [5.74, 6) is 0.00707. The molecule has 0 saturated heterocycles. The van der Waals surface area contributed by atoms with Crippen molar-refractivity contribution >= 4 is 5.91 Å². The molecule has 0 aliphatic carbocycles. The number of benzene rings is 2. The van der Waals surface area contributed by atoms with Gasteiger partial charge in [-0.15, -0.1) is 0 Å². The highest BCUT2D eigenvalue weighted by atomic mass is 19.1. The molecule has 1 unspecified atom stereocenters. The van der Waals surface area contributed by atoms with Gasteiger partial charge in [-0.25, -0.2) is 9.37 Å². The standard InChI is InChI=1S/C20H20FN3O/c1-24-12-11-22-19(24)14-23-20(25)13-17(15-7-3-2-4-8-15)16-9-5-6-10-18(16)21/h2-12,17H,13-14H2,1H3,(H,23,25). The van der Waals surface area contributed by atoms with E-state index in [0.717, 1.165) is 11.4 Å². The number of rotatable bonds is 6. The Balaban J connectivity index is 1.77. The van der Waals surface area contributed by atoms with Crippen LogP contribution in [-0.4, -0.2) is 15.5 Å². The number of hydrogen-bond donors (Lipinski definition) is 1. The number of nitrogens with one attached hydrogen (secondary N) is 1. The maximum atomic E-state index is 14.3. The number of aryl methyl sites for hydroxylation is 1. The van der Waals surface area contributed by atoms with E-state index < -0.39 is 0 Å². The summed E-state index contributed by atoms with van der Waals surface area (Å²) in [6.07, 6.45) is 3.69. The molecule has 0 bridgehead atoms. The van der Waals surface area contributed by atoms with Crippen molar-refractivity contribution in [3.63, 3.8) is 0 Å². The lowest BCUT2D eigenvalue weighted by atomic mass is 9.88. The fraction of sp³-hybridized carbons (Fsp3) is 0.200. The summed E-state index contributed by atoms with van der Waals surface area (Å²) in [4.78, 5) is 16.6. The Morgan fingerprint density at radius 1 is 1.16 bits per heavy atom. The third kappa shape index (κ3) is 4.12. The van der Waals surface area contributed by atoms with Crippen LogP contribution in [0, 0.1) is 5.82 Å². The normalized spacial score (nSPS) is 11.9. The van der Waals surface area contributed by atoms with E-state index in [4.69, 9.17) is 0 Å². The van der Waals surface area contributed by atoms with E-state index in [-0.39, 0.29) is 24.1 Å². The first-order chi connectivity index (χ1) is 12.1. The number of carbonyl (C=O) groups is 1. The van der Waals surface area contributed by atoms with Gasteiger partial charge in [0.2, 0.25) is 5.91 Å². The van der Waals surface area contributed by atoms with Gasteiger partial charge in [0.15, 0.2) is 0 Å². The van der Waals surface area contributed by atoms with Crippen molar-refractivity contribution in [2.75, 3.05) is 0 Å². The molecule has 4 nitrogen and oxygen atoms in total. The van der Waals surface area contributed by atoms with Crippen LogP contribution in [0.1, 0.15) is 29.3 Å². The molecular formula is C20H20FN3O. The van der Waals surface area contributed by atoms with Gasteiger partial charge in [-0.1, -0.05) is 48.5 Å². The van der Waals surface area contributed by atoms with Crippen molar-refractivity contribution < 1.29 is 9.18 Å². The zero-order chi connectivity index (χ0) is 17.6. The third-order valence-corrected chi connectivity index (χ3v) is 4.24. The van der Waals surface area contributed by atoms with Crippen molar-refractivity contribution in [2.45, 2.75) is 18.9 Å². The van der Waals surface area contributed by atoms with Crippen LogP contribution in [-0.2, 0) is 18.4 Å². The minimum absolute atomic E-state index is 0.139. The summed E-state index contributed by atoms with van der Waals surface area (Å²) in [6, 6.07) is 16.2. The molecule has 2 aromatic carbocycles. The molecule has 3 aromatic rings. The summed E-state index contributed by atoms with van der Waals surface area (Å²) in [7, 11) is 1.88. The van der Waals surface area contributed by atoms with Crippen LogP contribution >= 0.6 is 0 Å². The highest BCUT2D eigenvalue weighted by Crippen LogP contribution is 2.29. The SMILES string of the molecule is Cn1ccnc1CNC(=O)CC(c1ccccc1)c1ccccc1F. The highest BCUT2D eigenvalue weighted by molar-refractivity contribution is 5.77. The molecule has 1 atom stereocenters. The first-order valence-electron chi connectivity index (χ1n) is 8.17. The summed E-state index contributed by atoms with van der Waals surface area (Å²) >= 11 is 0. The Morgan fingerprint density at radius 3 is 2.56 bits per heavy atom.